The van der Waals surface area contributed by atoms with Gasteiger partial charge >= 0.3 is 17.9 Å². The van der Waals surface area contributed by atoms with Crippen LogP contribution in [0.2, 0.25) is 0 Å². The molecule has 0 N–H and O–H groups in total. The van der Waals surface area contributed by atoms with Gasteiger partial charge in [-0.15, -0.1) is 0 Å². The second-order valence-electron chi connectivity index (χ2n) is 22.6. The van der Waals surface area contributed by atoms with Gasteiger partial charge in [-0.25, -0.2) is 14.4 Å². The topological polar surface area (TPSA) is 107 Å². The minimum atomic E-state index is -0.579. The maximum Gasteiger partial charge on any atom is 0.343 e. The molecular formula is C60H80O9. The van der Waals surface area contributed by atoms with E-state index in [9.17, 15) is 14.4 Å². The third kappa shape index (κ3) is 12.0. The highest BCUT2D eigenvalue weighted by Crippen LogP contribution is 2.67. The molecule has 69 heavy (non-hydrogen) atoms. The van der Waals surface area contributed by atoms with Gasteiger partial charge in [-0.3, -0.25) is 0 Å². The molecule has 3 aromatic rings. The molecule has 0 amide bonds. The van der Waals surface area contributed by atoms with Gasteiger partial charge in [0.15, 0.2) is 0 Å². The Morgan fingerprint density at radius 1 is 0.667 bits per heavy atom. The lowest BCUT2D eigenvalue weighted by Crippen LogP contribution is -2.51. The third-order valence-electron chi connectivity index (χ3n) is 17.7. The van der Waals surface area contributed by atoms with Crippen molar-refractivity contribution in [3.05, 3.63) is 101 Å². The molecule has 3 saturated carbocycles. The number of benzene rings is 3. The fourth-order valence-electron chi connectivity index (χ4n) is 13.2. The minimum absolute atomic E-state index is 0.142. The predicted molar refractivity (Wildman–Crippen MR) is 270 cm³/mol. The second-order valence-corrected chi connectivity index (χ2v) is 22.6. The van der Waals surface area contributed by atoms with E-state index in [2.05, 4.69) is 47.6 Å². The van der Waals surface area contributed by atoms with E-state index in [1.807, 2.05) is 0 Å². The van der Waals surface area contributed by atoms with Crippen molar-refractivity contribution in [2.45, 2.75) is 150 Å². The van der Waals surface area contributed by atoms with Crippen LogP contribution in [0.3, 0.4) is 0 Å². The highest BCUT2D eigenvalue weighted by atomic mass is 16.5. The highest BCUT2D eigenvalue weighted by molar-refractivity contribution is 5.95. The number of fused-ring (bicyclic) bond motifs is 5. The van der Waals surface area contributed by atoms with Crippen molar-refractivity contribution in [1.29, 1.82) is 0 Å². The molecule has 0 spiro atoms. The lowest BCUT2D eigenvalue weighted by atomic mass is 9.47. The van der Waals surface area contributed by atoms with Crippen LogP contribution in [-0.2, 0) is 14.2 Å². The van der Waals surface area contributed by atoms with Crippen molar-refractivity contribution in [1.82, 2.24) is 0 Å². The summed E-state index contributed by atoms with van der Waals surface area (Å²) in [5.41, 5.74) is 3.40. The van der Waals surface area contributed by atoms with Crippen LogP contribution in [0.15, 0.2) is 84.4 Å². The first-order valence-electron chi connectivity index (χ1n) is 26.7. The molecule has 9 nitrogen and oxygen atoms in total. The molecule has 5 aliphatic rings. The first kappa shape index (κ1) is 50.9. The quantitative estimate of drug-likeness (QED) is 0.0421. The van der Waals surface area contributed by atoms with E-state index in [0.717, 1.165) is 113 Å². The fraction of sp³-hybridized carbons (Fsp3) is 0.617. The zero-order chi connectivity index (χ0) is 48.6. The Balaban J connectivity index is 0.738. The number of unbranched alkanes of at least 4 members (excludes halogenated alkanes) is 3. The van der Waals surface area contributed by atoms with Gasteiger partial charge in [0.1, 0.15) is 23.4 Å². The maximum atomic E-state index is 13.4. The van der Waals surface area contributed by atoms with E-state index in [4.69, 9.17) is 28.4 Å². The van der Waals surface area contributed by atoms with Crippen molar-refractivity contribution < 1.29 is 42.8 Å². The molecule has 0 radical (unpaired) electrons. The van der Waals surface area contributed by atoms with Gasteiger partial charge in [-0.1, -0.05) is 78.9 Å². The Labute approximate surface area is 412 Å². The largest absolute Gasteiger partial charge is 0.494 e. The molecule has 8 atom stereocenters. The summed E-state index contributed by atoms with van der Waals surface area (Å²) >= 11 is 0. The Hall–Kier alpha value is -4.47. The summed E-state index contributed by atoms with van der Waals surface area (Å²) in [5, 5.41) is 0. The van der Waals surface area contributed by atoms with Crippen LogP contribution in [0.5, 0.6) is 17.2 Å². The molecule has 1 heterocycles. The number of rotatable bonds is 22. The van der Waals surface area contributed by atoms with Crippen LogP contribution in [0, 0.1) is 51.8 Å². The van der Waals surface area contributed by atoms with Crippen LogP contribution in [0.1, 0.15) is 175 Å². The summed E-state index contributed by atoms with van der Waals surface area (Å²) in [7, 11) is 0. The van der Waals surface area contributed by atoms with Gasteiger partial charge < -0.3 is 28.4 Å². The second kappa shape index (κ2) is 22.7. The number of hydrogen-bond donors (Lipinski definition) is 0. The molecule has 4 aliphatic carbocycles. The molecule has 4 fully saturated rings. The lowest BCUT2D eigenvalue weighted by Gasteiger charge is -2.58. The van der Waals surface area contributed by atoms with E-state index in [1.54, 1.807) is 48.5 Å². The van der Waals surface area contributed by atoms with Crippen molar-refractivity contribution in [2.24, 2.45) is 51.8 Å². The highest BCUT2D eigenvalue weighted by Gasteiger charge is 2.59. The Morgan fingerprint density at radius 3 is 1.90 bits per heavy atom. The smallest absolute Gasteiger partial charge is 0.343 e. The molecule has 0 bridgehead atoms. The number of ether oxygens (including phenoxy) is 6. The fourth-order valence-corrected chi connectivity index (χ4v) is 13.2. The third-order valence-corrected chi connectivity index (χ3v) is 17.7. The van der Waals surface area contributed by atoms with Crippen LogP contribution < -0.4 is 14.2 Å². The molecule has 3 aromatic carbocycles. The number of allylic oxidation sites excluding steroid dienone is 1. The number of carbonyl (C=O) groups excluding carboxylic acids is 3. The van der Waals surface area contributed by atoms with E-state index < -0.39 is 11.9 Å². The van der Waals surface area contributed by atoms with Crippen molar-refractivity contribution in [3.8, 4) is 17.2 Å². The minimum Gasteiger partial charge on any atom is -0.494 e. The summed E-state index contributed by atoms with van der Waals surface area (Å²) in [6.07, 6.45) is 21.2. The molecule has 8 unspecified atom stereocenters. The SMILES string of the molecule is CCC1(COCCCCCCOc2ccc(OC(=O)c3ccc(C(=O)Oc4ccc(C(=O)OC5CCC6(C)C(=CCC7C6CCC6(C)C(C(C)CCCC(C)C)CCC76)C5)cc4)cc3)cc2)COC1. The summed E-state index contributed by atoms with van der Waals surface area (Å²) in [5.74, 6) is 4.71. The summed E-state index contributed by atoms with van der Waals surface area (Å²) < 4.78 is 34.5. The van der Waals surface area contributed by atoms with E-state index in [1.165, 1.54) is 81.2 Å². The van der Waals surface area contributed by atoms with Gasteiger partial charge in [0, 0.05) is 18.4 Å². The van der Waals surface area contributed by atoms with E-state index in [-0.39, 0.29) is 28.5 Å². The van der Waals surface area contributed by atoms with Gasteiger partial charge in [0.25, 0.3) is 0 Å². The maximum absolute atomic E-state index is 13.4. The molecule has 1 aliphatic heterocycles. The zero-order valence-corrected chi connectivity index (χ0v) is 42.6. The first-order chi connectivity index (χ1) is 33.3. The van der Waals surface area contributed by atoms with Crippen LogP contribution in [-0.4, -0.2) is 57.0 Å². The van der Waals surface area contributed by atoms with E-state index >= 15 is 0 Å². The average molecular weight is 945 g/mol. The van der Waals surface area contributed by atoms with Crippen molar-refractivity contribution >= 4 is 17.9 Å². The van der Waals surface area contributed by atoms with E-state index in [0.29, 0.717) is 40.4 Å². The first-order valence-corrected chi connectivity index (χ1v) is 26.7. The summed E-state index contributed by atoms with van der Waals surface area (Å²) in [6.45, 7) is 18.5. The van der Waals surface area contributed by atoms with Crippen LogP contribution in [0.25, 0.3) is 0 Å². The Morgan fingerprint density at radius 2 is 1.28 bits per heavy atom. The molecule has 9 heteroatoms. The van der Waals surface area contributed by atoms with Gasteiger partial charge in [-0.05, 0) is 190 Å². The molecular weight excluding hydrogens is 865 g/mol. The molecule has 374 valence electrons. The van der Waals surface area contributed by atoms with Crippen molar-refractivity contribution in [2.75, 3.05) is 33.0 Å². The van der Waals surface area contributed by atoms with Crippen molar-refractivity contribution in [3.63, 3.8) is 0 Å². The standard InChI is InChI=1S/C60H80O9/c1-7-60(39-65-40-60)38-64-35-10-8-9-11-36-66-47-24-26-49(27-25-47)68-56(62)44-17-15-43(16-18-44)55(61)67-48-22-19-45(20-23-48)57(63)69-50-31-33-58(5)46(37-50)21-28-51-53-30-29-52(42(4)14-12-13-41(2)3)59(53,6)34-32-54(51)58/h15-27,41-42,50-54H,7-14,28-40H2,1-6H3. The summed E-state index contributed by atoms with van der Waals surface area (Å²) in [4.78, 5) is 39.4. The average Bonchev–Trinajstić information content (AvgIpc) is 3.70. The van der Waals surface area contributed by atoms with Gasteiger partial charge in [-0.2, -0.15) is 0 Å². The predicted octanol–water partition coefficient (Wildman–Crippen LogP) is 14.1. The van der Waals surface area contributed by atoms with Crippen LogP contribution in [0.4, 0.5) is 0 Å². The normalized spacial score (nSPS) is 27.2. The molecule has 1 saturated heterocycles. The molecule has 0 aromatic heterocycles. The monoisotopic (exact) mass is 945 g/mol. The number of carbonyl (C=O) groups is 3. The summed E-state index contributed by atoms with van der Waals surface area (Å²) in [6, 6.07) is 19.6. The Kier molecular flexibility index (Phi) is 16.8. The number of esters is 3. The lowest BCUT2D eigenvalue weighted by molar-refractivity contribution is -0.150. The number of hydrogen-bond acceptors (Lipinski definition) is 9. The van der Waals surface area contributed by atoms with Gasteiger partial charge in [0.05, 0.1) is 43.1 Å². The van der Waals surface area contributed by atoms with Crippen LogP contribution >= 0.6 is 0 Å². The zero-order valence-electron chi connectivity index (χ0n) is 42.6. The Bertz CT molecular complexity index is 2200. The molecule has 8 rings (SSSR count). The van der Waals surface area contributed by atoms with Gasteiger partial charge in [0.2, 0.25) is 0 Å².